The van der Waals surface area contributed by atoms with Crippen LogP contribution < -0.4 is 4.72 Å². The summed E-state index contributed by atoms with van der Waals surface area (Å²) in [6.07, 6.45) is 3.32. The van der Waals surface area contributed by atoms with Gasteiger partial charge in [0, 0.05) is 6.20 Å². The van der Waals surface area contributed by atoms with Crippen LogP contribution in [0.2, 0.25) is 5.15 Å². The van der Waals surface area contributed by atoms with Gasteiger partial charge in [-0.1, -0.05) is 37.1 Å². The van der Waals surface area contributed by atoms with E-state index in [2.05, 4.69) is 21.6 Å². The largest absolute Gasteiger partial charge is 0.264 e. The average molecular weight is 312 g/mol. The van der Waals surface area contributed by atoms with E-state index < -0.39 is 10.0 Å². The summed E-state index contributed by atoms with van der Waals surface area (Å²) in [5.74, 6) is -0.0462. The third kappa shape index (κ3) is 3.68. The first-order chi connectivity index (χ1) is 9.51. The lowest BCUT2D eigenvalue weighted by Crippen LogP contribution is -2.15. The second-order valence-electron chi connectivity index (χ2n) is 4.20. The number of nitrogens with one attached hydrogen (secondary N) is 1. The average Bonchev–Trinajstić information content (AvgIpc) is 2.39. The van der Waals surface area contributed by atoms with Gasteiger partial charge in [0.15, 0.2) is 0 Å². The fourth-order valence-electron chi connectivity index (χ4n) is 1.69. The molecule has 0 unspecified atom stereocenters. The number of aromatic nitrogens is 2. The van der Waals surface area contributed by atoms with Gasteiger partial charge >= 0.3 is 0 Å². The van der Waals surface area contributed by atoms with Crippen LogP contribution in [0.25, 0.3) is 0 Å². The second-order valence-corrected chi connectivity index (χ2v) is 6.27. The number of sulfonamides is 1. The normalized spacial score (nSPS) is 11.3. The van der Waals surface area contributed by atoms with Crippen LogP contribution in [0.5, 0.6) is 0 Å². The summed E-state index contributed by atoms with van der Waals surface area (Å²) in [6, 6.07) is 8.21. The molecule has 0 fully saturated rings. The first-order valence-electron chi connectivity index (χ1n) is 6.11. The van der Waals surface area contributed by atoms with E-state index in [1.54, 1.807) is 24.3 Å². The lowest BCUT2D eigenvalue weighted by molar-refractivity contribution is 0.600. The summed E-state index contributed by atoms with van der Waals surface area (Å²) in [5, 5.41) is 0.177. The standard InChI is InChI=1S/C13H14ClN3O2S/c1-2-3-10-4-6-11(7-5-10)20(18,19)17-13-15-9-8-12(14)16-13/h4-9H,2-3H2,1H3,(H,15,16,17). The molecular formula is C13H14ClN3O2S. The minimum absolute atomic E-state index is 0.0462. The Morgan fingerprint density at radius 1 is 1.20 bits per heavy atom. The highest BCUT2D eigenvalue weighted by Crippen LogP contribution is 2.15. The molecule has 0 saturated heterocycles. The summed E-state index contributed by atoms with van der Waals surface area (Å²) in [6.45, 7) is 2.07. The Morgan fingerprint density at radius 2 is 1.90 bits per heavy atom. The molecule has 0 aliphatic heterocycles. The zero-order valence-corrected chi connectivity index (χ0v) is 12.4. The van der Waals surface area contributed by atoms with Gasteiger partial charge in [0.25, 0.3) is 10.0 Å². The van der Waals surface area contributed by atoms with Crippen LogP contribution in [-0.2, 0) is 16.4 Å². The van der Waals surface area contributed by atoms with Crippen LogP contribution in [0, 0.1) is 0 Å². The SMILES string of the molecule is CCCc1ccc(S(=O)(=O)Nc2nccc(Cl)n2)cc1. The minimum atomic E-state index is -3.70. The van der Waals surface area contributed by atoms with Crippen molar-refractivity contribution in [1.29, 1.82) is 0 Å². The molecule has 2 rings (SSSR count). The van der Waals surface area contributed by atoms with Gasteiger partial charge < -0.3 is 0 Å². The summed E-state index contributed by atoms with van der Waals surface area (Å²) in [7, 11) is -3.70. The maximum absolute atomic E-state index is 12.1. The van der Waals surface area contributed by atoms with Crippen molar-refractivity contribution in [3.63, 3.8) is 0 Å². The minimum Gasteiger partial charge on any atom is -0.247 e. The van der Waals surface area contributed by atoms with Crippen LogP contribution in [0.1, 0.15) is 18.9 Å². The molecule has 0 aliphatic rings. The molecule has 2 aromatic rings. The van der Waals surface area contributed by atoms with Gasteiger partial charge in [0.2, 0.25) is 5.95 Å². The maximum Gasteiger partial charge on any atom is 0.264 e. The molecule has 0 radical (unpaired) electrons. The number of hydrogen-bond acceptors (Lipinski definition) is 4. The zero-order valence-electron chi connectivity index (χ0n) is 10.9. The smallest absolute Gasteiger partial charge is 0.247 e. The lowest BCUT2D eigenvalue weighted by atomic mass is 10.1. The Hall–Kier alpha value is -1.66. The monoisotopic (exact) mass is 311 g/mol. The summed E-state index contributed by atoms with van der Waals surface area (Å²) in [4.78, 5) is 7.77. The Bertz CT molecular complexity index is 687. The Morgan fingerprint density at radius 3 is 2.50 bits per heavy atom. The molecule has 1 N–H and O–H groups in total. The number of nitrogens with zero attached hydrogens (tertiary/aromatic N) is 2. The van der Waals surface area contributed by atoms with E-state index >= 15 is 0 Å². The topological polar surface area (TPSA) is 72.0 Å². The maximum atomic E-state index is 12.1. The van der Waals surface area contributed by atoms with E-state index in [4.69, 9.17) is 11.6 Å². The Balaban J connectivity index is 2.21. The van der Waals surface area contributed by atoms with Crippen molar-refractivity contribution in [2.45, 2.75) is 24.7 Å². The van der Waals surface area contributed by atoms with Crippen molar-refractivity contribution in [1.82, 2.24) is 9.97 Å². The van der Waals surface area contributed by atoms with Crippen LogP contribution in [0.15, 0.2) is 41.4 Å². The van der Waals surface area contributed by atoms with E-state index in [9.17, 15) is 8.42 Å². The fraction of sp³-hybridized carbons (Fsp3) is 0.231. The molecule has 1 heterocycles. The molecule has 0 aliphatic carbocycles. The molecule has 1 aromatic heterocycles. The summed E-state index contributed by atoms with van der Waals surface area (Å²) < 4.78 is 26.6. The Kier molecular flexibility index (Phi) is 4.57. The highest BCUT2D eigenvalue weighted by molar-refractivity contribution is 7.92. The van der Waals surface area contributed by atoms with E-state index in [-0.39, 0.29) is 16.0 Å². The number of benzene rings is 1. The van der Waals surface area contributed by atoms with Crippen molar-refractivity contribution >= 4 is 27.6 Å². The predicted molar refractivity (Wildman–Crippen MR) is 78.3 cm³/mol. The number of hydrogen-bond donors (Lipinski definition) is 1. The highest BCUT2D eigenvalue weighted by Gasteiger charge is 2.15. The van der Waals surface area contributed by atoms with Crippen LogP contribution in [0.3, 0.4) is 0 Å². The molecular weight excluding hydrogens is 298 g/mol. The molecule has 0 spiro atoms. The van der Waals surface area contributed by atoms with E-state index in [1.807, 2.05) is 0 Å². The first-order valence-corrected chi connectivity index (χ1v) is 7.97. The Labute approximate surface area is 123 Å². The molecule has 20 heavy (non-hydrogen) atoms. The molecule has 106 valence electrons. The lowest BCUT2D eigenvalue weighted by Gasteiger charge is -2.07. The van der Waals surface area contributed by atoms with Crippen LogP contribution >= 0.6 is 11.6 Å². The van der Waals surface area contributed by atoms with Gasteiger partial charge in [-0.2, -0.15) is 0 Å². The highest BCUT2D eigenvalue weighted by atomic mass is 35.5. The first kappa shape index (κ1) is 14.7. The third-order valence-corrected chi connectivity index (χ3v) is 4.17. The fourth-order valence-corrected chi connectivity index (χ4v) is 2.78. The zero-order chi connectivity index (χ0) is 14.6. The van der Waals surface area contributed by atoms with Crippen molar-refractivity contribution < 1.29 is 8.42 Å². The van der Waals surface area contributed by atoms with Crippen molar-refractivity contribution in [3.8, 4) is 0 Å². The van der Waals surface area contributed by atoms with Crippen molar-refractivity contribution in [3.05, 3.63) is 47.2 Å². The van der Waals surface area contributed by atoms with Gasteiger partial charge in [-0.25, -0.2) is 23.1 Å². The molecule has 5 nitrogen and oxygen atoms in total. The molecule has 0 amide bonds. The summed E-state index contributed by atoms with van der Waals surface area (Å²) >= 11 is 5.69. The van der Waals surface area contributed by atoms with Crippen LogP contribution in [0.4, 0.5) is 5.95 Å². The van der Waals surface area contributed by atoms with E-state index in [0.717, 1.165) is 18.4 Å². The third-order valence-electron chi connectivity index (χ3n) is 2.62. The predicted octanol–water partition coefficient (Wildman–Crippen LogP) is 2.88. The molecule has 0 bridgehead atoms. The van der Waals surface area contributed by atoms with Gasteiger partial charge in [-0.3, -0.25) is 0 Å². The van der Waals surface area contributed by atoms with E-state index in [1.165, 1.54) is 12.3 Å². The molecule has 1 aromatic carbocycles. The van der Waals surface area contributed by atoms with Gasteiger partial charge in [0.05, 0.1) is 4.90 Å². The van der Waals surface area contributed by atoms with Gasteiger partial charge in [0.1, 0.15) is 5.15 Å². The van der Waals surface area contributed by atoms with Crippen molar-refractivity contribution in [2.24, 2.45) is 0 Å². The number of aryl methyl sites for hydroxylation is 1. The van der Waals surface area contributed by atoms with Crippen molar-refractivity contribution in [2.75, 3.05) is 4.72 Å². The molecule has 7 heteroatoms. The van der Waals surface area contributed by atoms with Gasteiger partial charge in [-0.05, 0) is 30.2 Å². The molecule has 0 saturated carbocycles. The number of anilines is 1. The number of halogens is 1. The quantitative estimate of drug-likeness (QED) is 0.862. The van der Waals surface area contributed by atoms with Gasteiger partial charge in [-0.15, -0.1) is 0 Å². The van der Waals surface area contributed by atoms with E-state index in [0.29, 0.717) is 0 Å². The summed E-state index contributed by atoms with van der Waals surface area (Å²) in [5.41, 5.74) is 1.10. The second kappa shape index (κ2) is 6.19. The number of rotatable bonds is 5. The van der Waals surface area contributed by atoms with Crippen LogP contribution in [-0.4, -0.2) is 18.4 Å². The molecule has 0 atom stereocenters.